The van der Waals surface area contributed by atoms with E-state index in [4.69, 9.17) is 23.7 Å². The van der Waals surface area contributed by atoms with E-state index < -0.39 is 40.9 Å². The largest absolute Gasteiger partial charge is 0.493 e. The Labute approximate surface area is 197 Å². The number of piperidine rings is 1. The highest BCUT2D eigenvalue weighted by molar-refractivity contribution is 5.83. The number of hydrogen-bond acceptors (Lipinski definition) is 9. The van der Waals surface area contributed by atoms with Gasteiger partial charge in [0, 0.05) is 31.9 Å². The molecule has 6 rings (SSSR count). The van der Waals surface area contributed by atoms with E-state index in [1.165, 1.54) is 0 Å². The number of rotatable bonds is 4. The number of ether oxygens (including phenoxy) is 5. The van der Waals surface area contributed by atoms with Gasteiger partial charge in [0.15, 0.2) is 23.7 Å². The Balaban J connectivity index is 1.36. The van der Waals surface area contributed by atoms with Crippen LogP contribution in [0.1, 0.15) is 44.2 Å². The molecule has 3 heterocycles. The zero-order chi connectivity index (χ0) is 24.0. The van der Waals surface area contributed by atoms with Crippen LogP contribution in [0.4, 0.5) is 0 Å². The lowest BCUT2D eigenvalue weighted by molar-refractivity contribution is -0.171. The minimum Gasteiger partial charge on any atom is -0.493 e. The van der Waals surface area contributed by atoms with Crippen molar-refractivity contribution in [3.63, 3.8) is 0 Å². The van der Waals surface area contributed by atoms with Gasteiger partial charge in [-0.1, -0.05) is 6.07 Å². The predicted molar refractivity (Wildman–Crippen MR) is 117 cm³/mol. The number of likely N-dealkylation sites (tertiary alicyclic amines) is 1. The molecule has 2 fully saturated rings. The maximum Gasteiger partial charge on any atom is 0.338 e. The highest BCUT2D eigenvalue weighted by Gasteiger charge is 2.72. The number of hydrogen-bond donors (Lipinski definition) is 1. The molecule has 9 nitrogen and oxygen atoms in total. The molecule has 5 aliphatic rings. The lowest BCUT2D eigenvalue weighted by atomic mass is 9.50. The van der Waals surface area contributed by atoms with E-state index >= 15 is 0 Å². The highest BCUT2D eigenvalue weighted by Crippen LogP contribution is 2.65. The normalized spacial score (nSPS) is 36.8. The minimum atomic E-state index is -1.08. The fraction of sp³-hybridized carbons (Fsp3) is 0.600. The molecule has 1 aromatic carbocycles. The van der Waals surface area contributed by atoms with Crippen molar-refractivity contribution in [2.45, 2.75) is 74.6 Å². The number of benzene rings is 1. The fourth-order valence-corrected chi connectivity index (χ4v) is 6.76. The van der Waals surface area contributed by atoms with Crippen molar-refractivity contribution in [3.05, 3.63) is 35.1 Å². The van der Waals surface area contributed by atoms with Crippen LogP contribution in [0.25, 0.3) is 0 Å². The fourth-order valence-electron chi connectivity index (χ4n) is 6.76. The summed E-state index contributed by atoms with van der Waals surface area (Å²) in [7, 11) is 3.63. The van der Waals surface area contributed by atoms with Gasteiger partial charge in [0.2, 0.25) is 5.79 Å². The topological polar surface area (TPSA) is 104 Å². The van der Waals surface area contributed by atoms with Crippen molar-refractivity contribution in [3.8, 4) is 11.5 Å². The average molecular weight is 472 g/mol. The number of esters is 2. The molecule has 2 bridgehead atoms. The van der Waals surface area contributed by atoms with Crippen LogP contribution >= 0.6 is 0 Å². The first kappa shape index (κ1) is 21.9. The molecule has 182 valence electrons. The van der Waals surface area contributed by atoms with Crippen molar-refractivity contribution in [1.29, 1.82) is 0 Å². The molecular formula is C25H29NO8. The quantitative estimate of drug-likeness (QED) is 0.656. The van der Waals surface area contributed by atoms with Crippen LogP contribution in [0.2, 0.25) is 0 Å². The van der Waals surface area contributed by atoms with E-state index in [1.54, 1.807) is 27.0 Å². The molecule has 2 saturated heterocycles. The summed E-state index contributed by atoms with van der Waals surface area (Å²) in [5.74, 6) is -0.709. The molecule has 34 heavy (non-hydrogen) atoms. The van der Waals surface area contributed by atoms with Crippen LogP contribution < -0.4 is 9.47 Å². The summed E-state index contributed by atoms with van der Waals surface area (Å²) in [4.78, 5) is 27.2. The monoisotopic (exact) mass is 471 g/mol. The Morgan fingerprint density at radius 3 is 2.82 bits per heavy atom. The summed E-state index contributed by atoms with van der Waals surface area (Å²) in [6.07, 6.45) is 1.48. The number of methoxy groups -OCH3 is 1. The molecule has 2 aliphatic carbocycles. The van der Waals surface area contributed by atoms with Gasteiger partial charge >= 0.3 is 11.9 Å². The number of likely N-dealkylation sites (N-methyl/N-ethyl adjacent to an activating group) is 1. The lowest BCUT2D eigenvalue weighted by Gasteiger charge is -2.61. The molecule has 9 heteroatoms. The average Bonchev–Trinajstić information content (AvgIpc) is 3.25. The summed E-state index contributed by atoms with van der Waals surface area (Å²) in [5.41, 5.74) is 0.260. The Morgan fingerprint density at radius 2 is 2.12 bits per heavy atom. The van der Waals surface area contributed by atoms with Crippen LogP contribution in [-0.2, 0) is 35.6 Å². The van der Waals surface area contributed by atoms with E-state index in [0.717, 1.165) is 17.7 Å². The van der Waals surface area contributed by atoms with E-state index in [1.807, 2.05) is 19.2 Å². The molecule has 1 N–H and O–H groups in total. The second-order valence-electron chi connectivity index (χ2n) is 10.4. The molecule has 0 amide bonds. The summed E-state index contributed by atoms with van der Waals surface area (Å²) in [5, 5.41) is 12.2. The molecule has 3 aliphatic heterocycles. The third kappa shape index (κ3) is 2.71. The summed E-state index contributed by atoms with van der Waals surface area (Å²) in [6, 6.07) is 3.85. The molecule has 0 saturated carbocycles. The SMILES string of the molecule is COc1ccc2c3c1O[C@H]1C(OC(=O)C[C@H]4OC(C)(C)OC4=O)=CC[C@@]4(O)[C@@H](C2)N(C)CC[C@]314. The molecule has 0 unspecified atom stereocenters. The molecule has 0 radical (unpaired) electrons. The van der Waals surface area contributed by atoms with Crippen LogP contribution in [0.3, 0.4) is 0 Å². The Bertz CT molecular complexity index is 1130. The van der Waals surface area contributed by atoms with Gasteiger partial charge in [-0.15, -0.1) is 0 Å². The summed E-state index contributed by atoms with van der Waals surface area (Å²) < 4.78 is 28.5. The molecular weight excluding hydrogens is 442 g/mol. The van der Waals surface area contributed by atoms with Gasteiger partial charge in [-0.25, -0.2) is 4.79 Å². The van der Waals surface area contributed by atoms with Gasteiger partial charge in [0.1, 0.15) is 5.76 Å². The maximum atomic E-state index is 12.9. The van der Waals surface area contributed by atoms with E-state index in [9.17, 15) is 14.7 Å². The van der Waals surface area contributed by atoms with Crippen LogP contribution in [0.15, 0.2) is 24.0 Å². The smallest absolute Gasteiger partial charge is 0.338 e. The van der Waals surface area contributed by atoms with Crippen molar-refractivity contribution in [2.75, 3.05) is 20.7 Å². The predicted octanol–water partition coefficient (Wildman–Crippen LogP) is 1.58. The third-order valence-electron chi connectivity index (χ3n) is 8.18. The molecule has 1 spiro atoms. The van der Waals surface area contributed by atoms with Gasteiger partial charge in [-0.05, 0) is 44.1 Å². The van der Waals surface area contributed by atoms with E-state index in [0.29, 0.717) is 36.5 Å². The van der Waals surface area contributed by atoms with E-state index in [2.05, 4.69) is 4.90 Å². The summed E-state index contributed by atoms with van der Waals surface area (Å²) >= 11 is 0. The zero-order valence-corrected chi connectivity index (χ0v) is 19.8. The highest BCUT2D eigenvalue weighted by atomic mass is 16.8. The van der Waals surface area contributed by atoms with Gasteiger partial charge in [-0.3, -0.25) is 4.79 Å². The van der Waals surface area contributed by atoms with Gasteiger partial charge < -0.3 is 33.7 Å². The van der Waals surface area contributed by atoms with Crippen LogP contribution in [0.5, 0.6) is 11.5 Å². The van der Waals surface area contributed by atoms with Crippen molar-refractivity contribution < 1.29 is 38.4 Å². The van der Waals surface area contributed by atoms with Gasteiger partial charge in [0.25, 0.3) is 0 Å². The number of carbonyl (C=O) groups excluding carboxylic acids is 2. The van der Waals surface area contributed by atoms with Crippen molar-refractivity contribution in [1.82, 2.24) is 4.90 Å². The van der Waals surface area contributed by atoms with Crippen LogP contribution in [0, 0.1) is 0 Å². The van der Waals surface area contributed by atoms with Crippen molar-refractivity contribution in [2.24, 2.45) is 0 Å². The van der Waals surface area contributed by atoms with Crippen LogP contribution in [-0.4, -0.2) is 72.3 Å². The molecule has 5 atom stereocenters. The first-order chi connectivity index (χ1) is 16.1. The second kappa shape index (κ2) is 6.96. The number of aliphatic hydroxyl groups is 1. The summed E-state index contributed by atoms with van der Waals surface area (Å²) in [6.45, 7) is 4.02. The Kier molecular flexibility index (Phi) is 4.48. The minimum absolute atomic E-state index is 0.0865. The molecule has 1 aromatic rings. The standard InChI is InChI=1S/C25H29NO8/c1-23(2)33-16(22(28)34-23)12-18(27)31-15-7-8-25(29)17-11-13-5-6-14(30-4)20-19(13)24(25,21(15)32-20)9-10-26(17)3/h5-7,16-17,21,29H,8-12H2,1-4H3/t16-,17-,21+,24+,25-/m1/s1. The number of carbonyl (C=O) groups is 2. The first-order valence-electron chi connectivity index (χ1n) is 11.7. The Morgan fingerprint density at radius 1 is 1.32 bits per heavy atom. The molecule has 0 aromatic heterocycles. The second-order valence-corrected chi connectivity index (χ2v) is 10.4. The number of cyclic esters (lactones) is 1. The van der Waals surface area contributed by atoms with Gasteiger partial charge in [0.05, 0.1) is 24.5 Å². The zero-order valence-electron chi connectivity index (χ0n) is 19.8. The van der Waals surface area contributed by atoms with E-state index in [-0.39, 0.29) is 12.5 Å². The lowest BCUT2D eigenvalue weighted by Crippen LogP contribution is -2.74. The third-order valence-corrected chi connectivity index (χ3v) is 8.18. The van der Waals surface area contributed by atoms with Gasteiger partial charge in [-0.2, -0.15) is 0 Å². The van der Waals surface area contributed by atoms with Crippen molar-refractivity contribution >= 4 is 11.9 Å². The number of nitrogens with zero attached hydrogens (tertiary/aromatic N) is 1. The Hall–Kier alpha value is -2.62. The maximum absolute atomic E-state index is 12.9. The first-order valence-corrected chi connectivity index (χ1v) is 11.7.